The van der Waals surface area contributed by atoms with Crippen LogP contribution in [0.15, 0.2) is 17.2 Å². The molecule has 2 aromatic heterocycles. The van der Waals surface area contributed by atoms with Crippen LogP contribution in [0, 0.1) is 12.8 Å². The average molecular weight is 277 g/mol. The van der Waals surface area contributed by atoms with E-state index in [0.717, 1.165) is 12.2 Å². The van der Waals surface area contributed by atoms with Gasteiger partial charge in [0.2, 0.25) is 5.91 Å². The molecule has 0 saturated heterocycles. The second kappa shape index (κ2) is 6.31. The molecule has 7 nitrogen and oxygen atoms in total. The molecule has 0 radical (unpaired) electrons. The third kappa shape index (κ3) is 3.66. The fourth-order valence-electron chi connectivity index (χ4n) is 1.87. The van der Waals surface area contributed by atoms with Crippen molar-refractivity contribution in [1.82, 2.24) is 25.2 Å². The van der Waals surface area contributed by atoms with Crippen LogP contribution in [0.5, 0.6) is 0 Å². The van der Waals surface area contributed by atoms with Gasteiger partial charge in [0.15, 0.2) is 0 Å². The summed E-state index contributed by atoms with van der Waals surface area (Å²) in [7, 11) is 0. The van der Waals surface area contributed by atoms with Crippen LogP contribution in [-0.4, -0.2) is 25.8 Å². The number of aromatic nitrogens is 4. The lowest BCUT2D eigenvalue weighted by atomic mass is 10.2. The van der Waals surface area contributed by atoms with E-state index < -0.39 is 0 Å². The van der Waals surface area contributed by atoms with E-state index >= 15 is 0 Å². The second-order valence-electron chi connectivity index (χ2n) is 5.18. The van der Waals surface area contributed by atoms with Gasteiger partial charge in [-0.2, -0.15) is 0 Å². The van der Waals surface area contributed by atoms with Crippen LogP contribution in [-0.2, 0) is 24.3 Å². The summed E-state index contributed by atoms with van der Waals surface area (Å²) in [6, 6.07) is 0. The molecule has 2 heterocycles. The highest BCUT2D eigenvalue weighted by molar-refractivity contribution is 5.78. The minimum absolute atomic E-state index is 0.110. The van der Waals surface area contributed by atoms with Gasteiger partial charge in [-0.25, -0.2) is 9.61 Å². The van der Waals surface area contributed by atoms with Crippen LogP contribution >= 0.6 is 0 Å². The zero-order valence-corrected chi connectivity index (χ0v) is 12.0. The minimum atomic E-state index is -0.110. The Kier molecular flexibility index (Phi) is 4.49. The molecule has 0 aliphatic carbocycles. The third-order valence-electron chi connectivity index (χ3n) is 2.90. The monoisotopic (exact) mass is 277 g/mol. The fraction of sp³-hybridized carbons (Fsp3) is 0.538. The lowest BCUT2D eigenvalue weighted by Crippen LogP contribution is -2.26. The maximum atomic E-state index is 11.8. The third-order valence-corrected chi connectivity index (χ3v) is 2.90. The molecule has 2 rings (SSSR count). The quantitative estimate of drug-likeness (QED) is 0.854. The Morgan fingerprint density at radius 3 is 2.90 bits per heavy atom. The highest BCUT2D eigenvalue weighted by Gasteiger charge is 2.11. The molecule has 108 valence electrons. The van der Waals surface area contributed by atoms with Crippen molar-refractivity contribution >= 4 is 5.91 Å². The molecule has 0 unspecified atom stereocenters. The number of nitrogens with one attached hydrogen (secondary N) is 1. The summed E-state index contributed by atoms with van der Waals surface area (Å²) < 4.78 is 6.61. The van der Waals surface area contributed by atoms with E-state index in [1.807, 2.05) is 4.57 Å². The number of carbonyl (C=O) groups is 1. The predicted octanol–water partition coefficient (Wildman–Crippen LogP) is 1.09. The van der Waals surface area contributed by atoms with Gasteiger partial charge in [-0.05, 0) is 12.8 Å². The Morgan fingerprint density at radius 1 is 1.45 bits per heavy atom. The smallest absolute Gasteiger partial charge is 0.226 e. The van der Waals surface area contributed by atoms with Gasteiger partial charge in [0.25, 0.3) is 0 Å². The van der Waals surface area contributed by atoms with Crippen LogP contribution in [0.1, 0.15) is 30.9 Å². The number of imidazole rings is 1. The largest absolute Gasteiger partial charge is 0.350 e. The first-order chi connectivity index (χ1) is 9.56. The van der Waals surface area contributed by atoms with E-state index in [4.69, 9.17) is 0 Å². The summed E-state index contributed by atoms with van der Waals surface area (Å²) in [5.41, 5.74) is 2.20. The Bertz CT molecular complexity index is 573. The number of hydrogen-bond donors (Lipinski definition) is 1. The maximum absolute atomic E-state index is 11.8. The van der Waals surface area contributed by atoms with Gasteiger partial charge in [-0.1, -0.05) is 24.2 Å². The van der Waals surface area contributed by atoms with E-state index in [-0.39, 0.29) is 12.3 Å². The van der Waals surface area contributed by atoms with Gasteiger partial charge in [-0.15, -0.1) is 0 Å². The molecule has 1 N–H and O–H groups in total. The van der Waals surface area contributed by atoms with Crippen molar-refractivity contribution in [2.75, 3.05) is 0 Å². The maximum Gasteiger partial charge on any atom is 0.226 e. The summed E-state index contributed by atoms with van der Waals surface area (Å²) in [6.45, 7) is 7.38. The van der Waals surface area contributed by atoms with Crippen molar-refractivity contribution in [3.63, 3.8) is 0 Å². The molecule has 0 aliphatic rings. The molecular formula is C13H19N5O2. The van der Waals surface area contributed by atoms with Crippen LogP contribution in [0.4, 0.5) is 0 Å². The van der Waals surface area contributed by atoms with Gasteiger partial charge >= 0.3 is 0 Å². The number of amides is 1. The number of nitrogens with zero attached hydrogens (tertiary/aromatic N) is 4. The molecule has 0 atom stereocenters. The standard InChI is InChI=1S/C13H19N5O2/c1-9(2)7-18-8-14-5-11(18)6-15-13(19)4-12-10(3)16-20-17-12/h5,8-9H,4,6-7H2,1-3H3,(H,15,19). The first kappa shape index (κ1) is 14.2. The second-order valence-corrected chi connectivity index (χ2v) is 5.18. The first-order valence-electron chi connectivity index (χ1n) is 6.60. The SMILES string of the molecule is Cc1nonc1CC(=O)NCc1cncn1CC(C)C. The Hall–Kier alpha value is -2.18. The summed E-state index contributed by atoms with van der Waals surface area (Å²) >= 11 is 0. The molecule has 1 amide bonds. The Balaban J connectivity index is 1.87. The lowest BCUT2D eigenvalue weighted by molar-refractivity contribution is -0.120. The van der Waals surface area contributed by atoms with Gasteiger partial charge in [0.05, 0.1) is 25.0 Å². The topological polar surface area (TPSA) is 85.8 Å². The molecule has 20 heavy (non-hydrogen) atoms. The molecule has 0 saturated carbocycles. The highest BCUT2D eigenvalue weighted by Crippen LogP contribution is 2.05. The molecule has 0 spiro atoms. The Morgan fingerprint density at radius 2 is 2.25 bits per heavy atom. The molecule has 0 fully saturated rings. The van der Waals surface area contributed by atoms with Crippen LogP contribution in [0.2, 0.25) is 0 Å². The van der Waals surface area contributed by atoms with E-state index in [1.165, 1.54) is 0 Å². The molecule has 0 aromatic carbocycles. The van der Waals surface area contributed by atoms with Crippen molar-refractivity contribution in [1.29, 1.82) is 0 Å². The number of hydrogen-bond acceptors (Lipinski definition) is 5. The highest BCUT2D eigenvalue weighted by atomic mass is 16.6. The number of rotatable bonds is 6. The molecule has 0 aliphatic heterocycles. The fourth-order valence-corrected chi connectivity index (χ4v) is 1.87. The van der Waals surface area contributed by atoms with Gasteiger partial charge in [-0.3, -0.25) is 4.79 Å². The number of carbonyl (C=O) groups excluding carboxylic acids is 1. The first-order valence-corrected chi connectivity index (χ1v) is 6.60. The van der Waals surface area contributed by atoms with Gasteiger partial charge < -0.3 is 9.88 Å². The molecular weight excluding hydrogens is 258 g/mol. The van der Waals surface area contributed by atoms with Crippen molar-refractivity contribution in [2.24, 2.45) is 5.92 Å². The lowest BCUT2D eigenvalue weighted by Gasteiger charge is -2.11. The number of aryl methyl sites for hydroxylation is 1. The van der Waals surface area contributed by atoms with E-state index in [9.17, 15) is 4.79 Å². The summed E-state index contributed by atoms with van der Waals surface area (Å²) in [6.07, 6.45) is 3.73. The van der Waals surface area contributed by atoms with E-state index in [1.54, 1.807) is 19.4 Å². The predicted molar refractivity (Wildman–Crippen MR) is 71.7 cm³/mol. The van der Waals surface area contributed by atoms with Crippen molar-refractivity contribution in [3.05, 3.63) is 29.6 Å². The zero-order chi connectivity index (χ0) is 14.5. The van der Waals surface area contributed by atoms with Gasteiger partial charge in [0.1, 0.15) is 11.4 Å². The zero-order valence-electron chi connectivity index (χ0n) is 12.0. The van der Waals surface area contributed by atoms with E-state index in [0.29, 0.717) is 23.9 Å². The van der Waals surface area contributed by atoms with Crippen LogP contribution < -0.4 is 5.32 Å². The van der Waals surface area contributed by atoms with Crippen LogP contribution in [0.3, 0.4) is 0 Å². The van der Waals surface area contributed by atoms with Crippen molar-refractivity contribution < 1.29 is 9.42 Å². The molecule has 2 aromatic rings. The normalized spacial score (nSPS) is 11.0. The van der Waals surface area contributed by atoms with E-state index in [2.05, 4.69) is 39.1 Å². The summed E-state index contributed by atoms with van der Waals surface area (Å²) in [4.78, 5) is 16.0. The summed E-state index contributed by atoms with van der Waals surface area (Å²) in [5, 5.41) is 10.2. The Labute approximate surface area is 117 Å². The molecule has 0 bridgehead atoms. The summed E-state index contributed by atoms with van der Waals surface area (Å²) in [5.74, 6) is 0.420. The van der Waals surface area contributed by atoms with Crippen LogP contribution in [0.25, 0.3) is 0 Å². The average Bonchev–Trinajstić information content (AvgIpc) is 2.97. The van der Waals surface area contributed by atoms with Crippen molar-refractivity contribution in [3.8, 4) is 0 Å². The molecule has 7 heteroatoms. The van der Waals surface area contributed by atoms with Gasteiger partial charge in [0, 0.05) is 12.7 Å². The van der Waals surface area contributed by atoms with Crippen molar-refractivity contribution in [2.45, 2.75) is 40.3 Å². The minimum Gasteiger partial charge on any atom is -0.350 e.